The zero-order valence-corrected chi connectivity index (χ0v) is 23.5. The lowest BCUT2D eigenvalue weighted by molar-refractivity contribution is -0.109. The van der Waals surface area contributed by atoms with Crippen molar-refractivity contribution in [3.05, 3.63) is 112 Å². The molecular formula is C33H25F3N4O4. The number of rotatable bonds is 9. The van der Waals surface area contributed by atoms with E-state index in [2.05, 4.69) is 9.97 Å². The monoisotopic (exact) mass is 598 g/mol. The molecule has 11 heteroatoms. The molecule has 44 heavy (non-hydrogen) atoms. The Morgan fingerprint density at radius 2 is 1.82 bits per heavy atom. The van der Waals surface area contributed by atoms with E-state index < -0.39 is 23.4 Å². The summed E-state index contributed by atoms with van der Waals surface area (Å²) in [4.78, 5) is 20.5. The van der Waals surface area contributed by atoms with Crippen molar-refractivity contribution >= 4 is 17.0 Å². The number of hydrogen-bond donors (Lipinski definition) is 1. The number of carboxylic acid groups (broad SMARTS) is 1. The molecule has 0 radical (unpaired) electrons. The van der Waals surface area contributed by atoms with Gasteiger partial charge in [-0.3, -0.25) is 0 Å². The molecule has 0 bridgehead atoms. The third kappa shape index (κ3) is 5.72. The molecule has 3 aromatic carbocycles. The van der Waals surface area contributed by atoms with Crippen molar-refractivity contribution in [2.45, 2.75) is 26.5 Å². The lowest BCUT2D eigenvalue weighted by atomic mass is 9.88. The maximum atomic E-state index is 15.5. The maximum absolute atomic E-state index is 15.5. The lowest BCUT2D eigenvalue weighted by Crippen LogP contribution is -2.43. The van der Waals surface area contributed by atoms with Gasteiger partial charge in [0.05, 0.1) is 47.1 Å². The summed E-state index contributed by atoms with van der Waals surface area (Å²) in [5, 5.41) is 18.4. The fourth-order valence-corrected chi connectivity index (χ4v) is 5.16. The van der Waals surface area contributed by atoms with E-state index in [1.165, 1.54) is 36.4 Å². The van der Waals surface area contributed by atoms with Gasteiger partial charge >= 0.3 is 5.97 Å². The lowest BCUT2D eigenvalue weighted by Gasteiger charge is -2.38. The van der Waals surface area contributed by atoms with E-state index >= 15 is 8.78 Å². The van der Waals surface area contributed by atoms with Gasteiger partial charge in [0.2, 0.25) is 5.88 Å². The molecule has 0 atom stereocenters. The fraction of sp³-hybridized carbons (Fsp3) is 0.212. The van der Waals surface area contributed by atoms with Crippen LogP contribution in [0.3, 0.4) is 0 Å². The number of imidazole rings is 1. The van der Waals surface area contributed by atoms with Gasteiger partial charge in [0, 0.05) is 35.6 Å². The van der Waals surface area contributed by atoms with Gasteiger partial charge in [0.15, 0.2) is 0 Å². The second kappa shape index (κ2) is 11.5. The van der Waals surface area contributed by atoms with Crippen LogP contribution in [0.15, 0.2) is 66.7 Å². The highest BCUT2D eigenvalue weighted by atomic mass is 19.1. The smallest absolute Gasteiger partial charge is 0.335 e. The highest BCUT2D eigenvalue weighted by Crippen LogP contribution is 2.33. The maximum Gasteiger partial charge on any atom is 0.335 e. The average molecular weight is 599 g/mol. The van der Waals surface area contributed by atoms with E-state index in [4.69, 9.17) is 14.7 Å². The predicted octanol–water partition coefficient (Wildman–Crippen LogP) is 6.29. The summed E-state index contributed by atoms with van der Waals surface area (Å²) in [6, 6.07) is 17.2. The second-order valence-electron chi connectivity index (χ2n) is 11.1. The van der Waals surface area contributed by atoms with Crippen LogP contribution < -0.4 is 4.74 Å². The molecule has 5 aromatic rings. The molecule has 1 aliphatic rings. The number of fused-ring (bicyclic) bond motifs is 1. The second-order valence-corrected chi connectivity index (χ2v) is 11.1. The number of aromatic carboxylic acids is 1. The van der Waals surface area contributed by atoms with Gasteiger partial charge < -0.3 is 19.1 Å². The molecule has 8 nitrogen and oxygen atoms in total. The largest absolute Gasteiger partial charge is 0.478 e. The van der Waals surface area contributed by atoms with E-state index in [1.807, 2.05) is 17.6 Å². The molecule has 3 heterocycles. The normalized spacial score (nSPS) is 13.8. The molecule has 1 N–H and O–H groups in total. The first-order valence-corrected chi connectivity index (χ1v) is 13.7. The van der Waals surface area contributed by atoms with Gasteiger partial charge in [0.1, 0.15) is 29.9 Å². The minimum atomic E-state index is -1.08. The average Bonchev–Trinajstić information content (AvgIpc) is 3.33. The Bertz CT molecular complexity index is 1960. The van der Waals surface area contributed by atoms with Crippen molar-refractivity contribution in [2.75, 3.05) is 13.2 Å². The van der Waals surface area contributed by atoms with Gasteiger partial charge in [-0.1, -0.05) is 19.1 Å². The number of carbonyl (C=O) groups is 1. The number of hydrogen-bond acceptors (Lipinski definition) is 6. The third-order valence-corrected chi connectivity index (χ3v) is 7.56. The van der Waals surface area contributed by atoms with Gasteiger partial charge in [-0.05, 0) is 54.1 Å². The zero-order valence-electron chi connectivity index (χ0n) is 23.5. The molecule has 1 fully saturated rings. The topological polar surface area (TPSA) is 110 Å². The summed E-state index contributed by atoms with van der Waals surface area (Å²) in [7, 11) is 0. The van der Waals surface area contributed by atoms with E-state index in [-0.39, 0.29) is 57.8 Å². The SMILES string of the molecule is CC1(Cn2c(Cc3cc(F)c(-c4cccc(OCc5ccc(C#N)cc5F)n4)cc3F)nc3ccc(C(=O)O)cc32)COC1. The van der Waals surface area contributed by atoms with Crippen LogP contribution in [0, 0.1) is 34.2 Å². The molecule has 0 spiro atoms. The van der Waals surface area contributed by atoms with Crippen LogP contribution >= 0.6 is 0 Å². The third-order valence-electron chi connectivity index (χ3n) is 7.56. The number of aromatic nitrogens is 3. The van der Waals surface area contributed by atoms with Crippen LogP contribution in [0.25, 0.3) is 22.3 Å². The Labute approximate surface area is 249 Å². The molecule has 1 aliphatic heterocycles. The van der Waals surface area contributed by atoms with Crippen molar-refractivity contribution < 1.29 is 32.5 Å². The van der Waals surface area contributed by atoms with E-state index in [9.17, 15) is 14.3 Å². The Morgan fingerprint density at radius 3 is 2.52 bits per heavy atom. The fourth-order valence-electron chi connectivity index (χ4n) is 5.16. The highest BCUT2D eigenvalue weighted by Gasteiger charge is 2.35. The molecule has 6 rings (SSSR count). The summed E-state index contributed by atoms with van der Waals surface area (Å²) < 4.78 is 58.1. The van der Waals surface area contributed by atoms with Gasteiger partial charge in [-0.25, -0.2) is 27.9 Å². The molecule has 0 saturated carbocycles. The first kappa shape index (κ1) is 28.9. The Morgan fingerprint density at radius 1 is 1.02 bits per heavy atom. The summed E-state index contributed by atoms with van der Waals surface area (Å²) in [5.74, 6) is -2.51. The van der Waals surface area contributed by atoms with Crippen molar-refractivity contribution in [3.8, 4) is 23.2 Å². The summed E-state index contributed by atoms with van der Waals surface area (Å²) in [5.41, 5.74) is 1.53. The van der Waals surface area contributed by atoms with Gasteiger partial charge in [0.25, 0.3) is 0 Å². The molecular weight excluding hydrogens is 573 g/mol. The molecule has 0 aliphatic carbocycles. The van der Waals surface area contributed by atoms with Crippen LogP contribution in [0.4, 0.5) is 13.2 Å². The van der Waals surface area contributed by atoms with Crippen molar-refractivity contribution in [1.29, 1.82) is 5.26 Å². The number of ether oxygens (including phenoxy) is 2. The first-order valence-electron chi connectivity index (χ1n) is 13.7. The van der Waals surface area contributed by atoms with Crippen LogP contribution in [-0.2, 0) is 24.3 Å². The van der Waals surface area contributed by atoms with Crippen LogP contribution in [0.2, 0.25) is 0 Å². The molecule has 0 amide bonds. The number of benzene rings is 3. The molecule has 0 unspecified atom stereocenters. The zero-order chi connectivity index (χ0) is 31.0. The van der Waals surface area contributed by atoms with Crippen LogP contribution in [-0.4, -0.2) is 38.8 Å². The van der Waals surface area contributed by atoms with Crippen molar-refractivity contribution in [3.63, 3.8) is 0 Å². The quantitative estimate of drug-likeness (QED) is 0.212. The van der Waals surface area contributed by atoms with E-state index in [0.29, 0.717) is 36.6 Å². The predicted molar refractivity (Wildman–Crippen MR) is 153 cm³/mol. The van der Waals surface area contributed by atoms with Crippen molar-refractivity contribution in [2.24, 2.45) is 5.41 Å². The van der Waals surface area contributed by atoms with E-state index in [0.717, 1.165) is 18.2 Å². The Kier molecular flexibility index (Phi) is 7.53. The van der Waals surface area contributed by atoms with E-state index in [1.54, 1.807) is 12.1 Å². The summed E-state index contributed by atoms with van der Waals surface area (Å²) in [6.45, 7) is 3.35. The van der Waals surface area contributed by atoms with Crippen LogP contribution in [0.5, 0.6) is 5.88 Å². The Hall–Kier alpha value is -5.21. The number of halogens is 3. The summed E-state index contributed by atoms with van der Waals surface area (Å²) in [6.07, 6.45) is -0.0379. The first-order chi connectivity index (χ1) is 21.1. The molecule has 222 valence electrons. The van der Waals surface area contributed by atoms with Crippen molar-refractivity contribution in [1.82, 2.24) is 14.5 Å². The number of carboxylic acids is 1. The Balaban J connectivity index is 1.27. The number of nitrogens with zero attached hydrogens (tertiary/aromatic N) is 4. The van der Waals surface area contributed by atoms with Crippen LogP contribution in [0.1, 0.15) is 39.8 Å². The number of nitriles is 1. The van der Waals surface area contributed by atoms with Gasteiger partial charge in [-0.2, -0.15) is 5.26 Å². The highest BCUT2D eigenvalue weighted by molar-refractivity contribution is 5.92. The molecule has 2 aromatic heterocycles. The standard InChI is InChI=1S/C33H25F3N4O4/c1-33(17-43-18-33)16-40-29-11-20(32(41)42)7-8-28(29)38-30(40)12-22-10-26(36)23(13-25(22)35)27-3-2-4-31(39-27)44-15-21-6-5-19(14-37)9-24(21)34/h2-11,13H,12,15-18H2,1H3,(H,41,42). The molecule has 1 saturated heterocycles. The minimum absolute atomic E-state index is 0.0379. The van der Waals surface area contributed by atoms with Gasteiger partial charge in [-0.15, -0.1) is 0 Å². The number of pyridine rings is 1. The minimum Gasteiger partial charge on any atom is -0.478 e. The summed E-state index contributed by atoms with van der Waals surface area (Å²) >= 11 is 0.